The molecule has 0 amide bonds. The summed E-state index contributed by atoms with van der Waals surface area (Å²) in [7, 11) is 3.22. The zero-order chi connectivity index (χ0) is 12.0. The van der Waals surface area contributed by atoms with Gasteiger partial charge in [-0.1, -0.05) is 15.9 Å². The van der Waals surface area contributed by atoms with E-state index < -0.39 is 0 Å². The molecule has 0 aliphatic rings. The first-order valence-electron chi connectivity index (χ1n) is 5.04. The van der Waals surface area contributed by atoms with Crippen molar-refractivity contribution in [3.8, 4) is 5.75 Å². The molecule has 0 bridgehead atoms. The topological polar surface area (TPSA) is 35.5 Å². The average molecular weight is 287 g/mol. The monoisotopic (exact) mass is 286 g/mol. The number of methoxy groups -OCH3 is 2. The van der Waals surface area contributed by atoms with Crippen molar-refractivity contribution < 1.29 is 14.3 Å². The van der Waals surface area contributed by atoms with Crippen molar-refractivity contribution in [2.45, 2.75) is 12.8 Å². The normalized spacial score (nSPS) is 10.2. The number of rotatable bonds is 6. The Morgan fingerprint density at radius 1 is 1.38 bits per heavy atom. The molecule has 4 heteroatoms. The third-order valence-electron chi connectivity index (χ3n) is 2.23. The third-order valence-corrected chi connectivity index (χ3v) is 2.92. The lowest BCUT2D eigenvalue weighted by atomic mass is 10.1. The molecule has 88 valence electrons. The second-order valence-electron chi connectivity index (χ2n) is 3.37. The Morgan fingerprint density at radius 3 is 2.75 bits per heavy atom. The smallest absolute Gasteiger partial charge is 0.164 e. The van der Waals surface area contributed by atoms with Gasteiger partial charge in [0.05, 0.1) is 7.11 Å². The maximum atomic E-state index is 11.9. The fraction of sp³-hybridized carbons (Fsp3) is 0.417. The number of ketones is 1. The van der Waals surface area contributed by atoms with Gasteiger partial charge in [0.15, 0.2) is 5.78 Å². The Bertz CT molecular complexity index is 363. The number of carbonyl (C=O) groups is 1. The van der Waals surface area contributed by atoms with Crippen molar-refractivity contribution in [3.05, 3.63) is 28.2 Å². The number of carbonyl (C=O) groups excluding carboxylic acids is 1. The fourth-order valence-electron chi connectivity index (χ4n) is 1.36. The van der Waals surface area contributed by atoms with Crippen molar-refractivity contribution in [1.29, 1.82) is 0 Å². The fourth-order valence-corrected chi connectivity index (χ4v) is 1.82. The highest BCUT2D eigenvalue weighted by Gasteiger charge is 2.10. The predicted octanol–water partition coefficient (Wildman–Crippen LogP) is 3.07. The van der Waals surface area contributed by atoms with Crippen LogP contribution in [-0.2, 0) is 4.74 Å². The van der Waals surface area contributed by atoms with Gasteiger partial charge >= 0.3 is 0 Å². The molecule has 1 aromatic carbocycles. The molecule has 0 spiro atoms. The summed E-state index contributed by atoms with van der Waals surface area (Å²) >= 11 is 3.36. The molecule has 16 heavy (non-hydrogen) atoms. The molecule has 1 rings (SSSR count). The minimum absolute atomic E-state index is 0.0998. The van der Waals surface area contributed by atoms with E-state index in [4.69, 9.17) is 9.47 Å². The van der Waals surface area contributed by atoms with E-state index >= 15 is 0 Å². The Balaban J connectivity index is 2.73. The SMILES string of the molecule is COCCCC(=O)c1cc(OC)ccc1Br. The summed E-state index contributed by atoms with van der Waals surface area (Å²) in [4.78, 5) is 11.9. The summed E-state index contributed by atoms with van der Waals surface area (Å²) in [6.45, 7) is 0.604. The van der Waals surface area contributed by atoms with Gasteiger partial charge in [0.1, 0.15) is 5.75 Å². The number of Topliss-reactive ketones (excluding diaryl/α,β-unsaturated/α-hetero) is 1. The van der Waals surface area contributed by atoms with E-state index in [0.717, 1.165) is 10.9 Å². The third kappa shape index (κ3) is 3.61. The first-order chi connectivity index (χ1) is 7.69. The Labute approximate surface area is 104 Å². The minimum Gasteiger partial charge on any atom is -0.497 e. The molecule has 1 aromatic rings. The molecule has 0 aliphatic carbocycles. The van der Waals surface area contributed by atoms with Crippen molar-refractivity contribution in [1.82, 2.24) is 0 Å². The van der Waals surface area contributed by atoms with Crippen LogP contribution in [0.3, 0.4) is 0 Å². The number of ether oxygens (including phenoxy) is 2. The number of hydrogen-bond acceptors (Lipinski definition) is 3. The Hall–Kier alpha value is -0.870. The summed E-state index contributed by atoms with van der Waals surface area (Å²) in [5, 5.41) is 0. The highest BCUT2D eigenvalue weighted by molar-refractivity contribution is 9.10. The largest absolute Gasteiger partial charge is 0.497 e. The van der Waals surface area contributed by atoms with Crippen LogP contribution in [0.25, 0.3) is 0 Å². The summed E-state index contributed by atoms with van der Waals surface area (Å²) in [6.07, 6.45) is 1.22. The predicted molar refractivity (Wildman–Crippen MR) is 66.1 cm³/mol. The van der Waals surface area contributed by atoms with E-state index in [2.05, 4.69) is 15.9 Å². The quantitative estimate of drug-likeness (QED) is 0.596. The van der Waals surface area contributed by atoms with Crippen LogP contribution in [0.4, 0.5) is 0 Å². The van der Waals surface area contributed by atoms with Crippen molar-refractivity contribution >= 4 is 21.7 Å². The summed E-state index contributed by atoms with van der Waals surface area (Å²) in [5.74, 6) is 0.793. The van der Waals surface area contributed by atoms with E-state index in [9.17, 15) is 4.79 Å². The number of hydrogen-bond donors (Lipinski definition) is 0. The second-order valence-corrected chi connectivity index (χ2v) is 4.22. The highest BCUT2D eigenvalue weighted by Crippen LogP contribution is 2.23. The van der Waals surface area contributed by atoms with E-state index in [1.165, 1.54) is 0 Å². The lowest BCUT2D eigenvalue weighted by Crippen LogP contribution is -2.02. The van der Waals surface area contributed by atoms with Crippen molar-refractivity contribution in [2.75, 3.05) is 20.8 Å². The lowest BCUT2D eigenvalue weighted by molar-refractivity contribution is 0.0962. The van der Waals surface area contributed by atoms with Crippen LogP contribution in [-0.4, -0.2) is 26.6 Å². The van der Waals surface area contributed by atoms with Gasteiger partial charge in [0.25, 0.3) is 0 Å². The van der Waals surface area contributed by atoms with E-state index in [-0.39, 0.29) is 5.78 Å². The van der Waals surface area contributed by atoms with Gasteiger partial charge in [-0.15, -0.1) is 0 Å². The average Bonchev–Trinajstić information content (AvgIpc) is 2.30. The molecule has 3 nitrogen and oxygen atoms in total. The molecule has 0 saturated carbocycles. The molecule has 0 aromatic heterocycles. The number of benzene rings is 1. The summed E-state index contributed by atoms with van der Waals surface area (Å²) < 4.78 is 10.8. The van der Waals surface area contributed by atoms with Crippen LogP contribution >= 0.6 is 15.9 Å². The van der Waals surface area contributed by atoms with Crippen molar-refractivity contribution in [2.24, 2.45) is 0 Å². The molecule has 0 aliphatic heterocycles. The molecule has 0 unspecified atom stereocenters. The first-order valence-corrected chi connectivity index (χ1v) is 5.84. The van der Waals surface area contributed by atoms with E-state index in [1.807, 2.05) is 12.1 Å². The molecule has 0 saturated heterocycles. The lowest BCUT2D eigenvalue weighted by Gasteiger charge is -2.06. The Kier molecular flexibility index (Phi) is 5.49. The zero-order valence-electron chi connectivity index (χ0n) is 9.46. The number of halogens is 1. The standard InChI is InChI=1S/C12H15BrO3/c1-15-7-3-4-12(14)10-8-9(16-2)5-6-11(10)13/h5-6,8H,3-4,7H2,1-2H3. The van der Waals surface area contributed by atoms with Gasteiger partial charge in [-0.3, -0.25) is 4.79 Å². The second kappa shape index (κ2) is 6.66. The Morgan fingerprint density at radius 2 is 2.12 bits per heavy atom. The van der Waals surface area contributed by atoms with Crippen LogP contribution in [0, 0.1) is 0 Å². The van der Waals surface area contributed by atoms with Crippen LogP contribution < -0.4 is 4.74 Å². The molecule has 0 atom stereocenters. The molecule has 0 fully saturated rings. The van der Waals surface area contributed by atoms with Crippen LogP contribution in [0.1, 0.15) is 23.2 Å². The summed E-state index contributed by atoms with van der Waals surface area (Å²) in [6, 6.07) is 5.39. The molecular formula is C12H15BrO3. The van der Waals surface area contributed by atoms with Crippen LogP contribution in [0.2, 0.25) is 0 Å². The minimum atomic E-state index is 0.0998. The molecule has 0 N–H and O–H groups in total. The van der Waals surface area contributed by atoms with E-state index in [1.54, 1.807) is 20.3 Å². The highest BCUT2D eigenvalue weighted by atomic mass is 79.9. The van der Waals surface area contributed by atoms with E-state index in [0.29, 0.717) is 24.3 Å². The van der Waals surface area contributed by atoms with Gasteiger partial charge < -0.3 is 9.47 Å². The van der Waals surface area contributed by atoms with Crippen molar-refractivity contribution in [3.63, 3.8) is 0 Å². The van der Waals surface area contributed by atoms with Gasteiger partial charge in [-0.2, -0.15) is 0 Å². The summed E-state index contributed by atoms with van der Waals surface area (Å²) in [5.41, 5.74) is 0.662. The van der Waals surface area contributed by atoms with Gasteiger partial charge in [-0.25, -0.2) is 0 Å². The molecule has 0 radical (unpaired) electrons. The first kappa shape index (κ1) is 13.2. The molecule has 0 heterocycles. The van der Waals surface area contributed by atoms with Gasteiger partial charge in [0.2, 0.25) is 0 Å². The van der Waals surface area contributed by atoms with Gasteiger partial charge in [-0.05, 0) is 24.6 Å². The van der Waals surface area contributed by atoms with Gasteiger partial charge in [0, 0.05) is 30.2 Å². The molecular weight excluding hydrogens is 272 g/mol. The van der Waals surface area contributed by atoms with Crippen LogP contribution in [0.15, 0.2) is 22.7 Å². The van der Waals surface area contributed by atoms with Crippen LogP contribution in [0.5, 0.6) is 5.75 Å². The maximum Gasteiger partial charge on any atom is 0.164 e. The maximum absolute atomic E-state index is 11.9. The zero-order valence-corrected chi connectivity index (χ0v) is 11.0.